The summed E-state index contributed by atoms with van der Waals surface area (Å²) in [6, 6.07) is 4.61. The van der Waals surface area contributed by atoms with Crippen molar-refractivity contribution in [2.24, 2.45) is 11.7 Å². The highest BCUT2D eigenvalue weighted by molar-refractivity contribution is 5.18. The summed E-state index contributed by atoms with van der Waals surface area (Å²) >= 11 is 0. The molecule has 2 atom stereocenters. The minimum absolute atomic E-state index is 0.337. The Hall–Kier alpha value is -0.930. The van der Waals surface area contributed by atoms with Gasteiger partial charge in [-0.25, -0.2) is 0 Å². The maximum absolute atomic E-state index is 6.02. The molecule has 1 aromatic rings. The Morgan fingerprint density at radius 1 is 1.37 bits per heavy atom. The van der Waals surface area contributed by atoms with Gasteiger partial charge in [0.05, 0.1) is 0 Å². The van der Waals surface area contributed by atoms with Crippen LogP contribution in [0.4, 0.5) is 0 Å². The zero-order valence-electron chi connectivity index (χ0n) is 12.3. The first-order valence-corrected chi connectivity index (χ1v) is 7.61. The second-order valence-corrected chi connectivity index (χ2v) is 5.73. The molecule has 106 valence electrons. The Morgan fingerprint density at radius 2 is 2.21 bits per heavy atom. The van der Waals surface area contributed by atoms with E-state index in [1.807, 2.05) is 13.1 Å². The molecule has 1 aliphatic rings. The predicted molar refractivity (Wildman–Crippen MR) is 80.0 cm³/mol. The lowest BCUT2D eigenvalue weighted by molar-refractivity contribution is 0.206. The van der Waals surface area contributed by atoms with Gasteiger partial charge in [-0.15, -0.1) is 0 Å². The van der Waals surface area contributed by atoms with E-state index in [0.717, 1.165) is 11.6 Å². The van der Waals surface area contributed by atoms with Crippen LogP contribution in [0.3, 0.4) is 0 Å². The van der Waals surface area contributed by atoms with Crippen molar-refractivity contribution in [3.05, 3.63) is 29.6 Å². The van der Waals surface area contributed by atoms with Crippen molar-refractivity contribution in [1.29, 1.82) is 0 Å². The second kappa shape index (κ2) is 7.01. The summed E-state index contributed by atoms with van der Waals surface area (Å²) in [5.41, 5.74) is 8.36. The molecule has 3 heteroatoms. The van der Waals surface area contributed by atoms with Gasteiger partial charge in [-0.1, -0.05) is 19.4 Å². The smallest absolute Gasteiger partial charge is 0.0485 e. The average Bonchev–Trinajstić information content (AvgIpc) is 2.67. The fourth-order valence-corrected chi connectivity index (χ4v) is 3.08. The van der Waals surface area contributed by atoms with Crippen molar-refractivity contribution in [2.75, 3.05) is 19.6 Å². The minimum atomic E-state index is 0.337. The fourth-order valence-electron chi connectivity index (χ4n) is 3.08. The normalized spacial score (nSPS) is 23.0. The van der Waals surface area contributed by atoms with Gasteiger partial charge in [-0.05, 0) is 56.8 Å². The van der Waals surface area contributed by atoms with Gasteiger partial charge in [0, 0.05) is 24.5 Å². The Bertz CT molecular complexity index is 374. The van der Waals surface area contributed by atoms with Gasteiger partial charge in [0.15, 0.2) is 0 Å². The molecule has 1 aliphatic heterocycles. The first-order chi connectivity index (χ1) is 9.24. The van der Waals surface area contributed by atoms with Crippen LogP contribution in [0, 0.1) is 12.8 Å². The van der Waals surface area contributed by atoms with Crippen LogP contribution < -0.4 is 5.73 Å². The van der Waals surface area contributed by atoms with E-state index in [4.69, 9.17) is 5.73 Å². The van der Waals surface area contributed by atoms with Crippen molar-refractivity contribution < 1.29 is 0 Å². The van der Waals surface area contributed by atoms with E-state index in [0.29, 0.717) is 12.6 Å². The van der Waals surface area contributed by atoms with Crippen LogP contribution in [0.5, 0.6) is 0 Å². The number of likely N-dealkylation sites (tertiary alicyclic amines) is 1. The molecule has 0 amide bonds. The number of rotatable bonds is 4. The molecular weight excluding hydrogens is 234 g/mol. The van der Waals surface area contributed by atoms with E-state index in [1.54, 1.807) is 0 Å². The summed E-state index contributed by atoms with van der Waals surface area (Å²) in [4.78, 5) is 6.97. The summed E-state index contributed by atoms with van der Waals surface area (Å²) in [6.45, 7) is 7.37. The third kappa shape index (κ3) is 3.77. The van der Waals surface area contributed by atoms with Crippen LogP contribution in [0.15, 0.2) is 18.3 Å². The van der Waals surface area contributed by atoms with Crippen molar-refractivity contribution >= 4 is 0 Å². The predicted octanol–water partition coefficient (Wildman–Crippen LogP) is 2.90. The van der Waals surface area contributed by atoms with Crippen LogP contribution >= 0.6 is 0 Å². The van der Waals surface area contributed by atoms with Crippen molar-refractivity contribution in [3.8, 4) is 0 Å². The van der Waals surface area contributed by atoms with Gasteiger partial charge in [-0.2, -0.15) is 0 Å². The molecule has 1 fully saturated rings. The highest BCUT2D eigenvalue weighted by Gasteiger charge is 2.22. The number of aromatic nitrogens is 1. The Labute approximate surface area is 117 Å². The van der Waals surface area contributed by atoms with Gasteiger partial charge in [0.1, 0.15) is 0 Å². The summed E-state index contributed by atoms with van der Waals surface area (Å²) in [6.07, 6.45) is 7.29. The molecule has 2 rings (SSSR count). The molecule has 0 radical (unpaired) electrons. The van der Waals surface area contributed by atoms with Gasteiger partial charge >= 0.3 is 0 Å². The molecule has 2 unspecified atom stereocenters. The van der Waals surface area contributed by atoms with E-state index in [-0.39, 0.29) is 0 Å². The third-order valence-electron chi connectivity index (χ3n) is 4.44. The quantitative estimate of drug-likeness (QED) is 0.906. The second-order valence-electron chi connectivity index (χ2n) is 5.73. The Balaban J connectivity index is 2.06. The van der Waals surface area contributed by atoms with Crippen LogP contribution in [0.1, 0.15) is 49.9 Å². The maximum Gasteiger partial charge on any atom is 0.0485 e. The fraction of sp³-hybridized carbons (Fsp3) is 0.688. The number of pyridine rings is 1. The van der Waals surface area contributed by atoms with Crippen molar-refractivity contribution in [2.45, 2.75) is 45.6 Å². The molecular formula is C16H27N3. The molecule has 1 saturated heterocycles. The first-order valence-electron chi connectivity index (χ1n) is 7.61. The van der Waals surface area contributed by atoms with Gasteiger partial charge in [0.25, 0.3) is 0 Å². The molecule has 0 aliphatic carbocycles. The summed E-state index contributed by atoms with van der Waals surface area (Å²) in [5, 5.41) is 0. The molecule has 0 bridgehead atoms. The lowest BCUT2D eigenvalue weighted by atomic mass is 9.98. The molecule has 3 nitrogen and oxygen atoms in total. The molecule has 0 saturated carbocycles. The monoisotopic (exact) mass is 261 g/mol. The minimum Gasteiger partial charge on any atom is -0.329 e. The third-order valence-corrected chi connectivity index (χ3v) is 4.44. The molecule has 2 N–H and O–H groups in total. The zero-order chi connectivity index (χ0) is 13.7. The zero-order valence-corrected chi connectivity index (χ0v) is 12.3. The van der Waals surface area contributed by atoms with Crippen LogP contribution in [-0.4, -0.2) is 29.5 Å². The Morgan fingerprint density at radius 3 is 2.84 bits per heavy atom. The van der Waals surface area contributed by atoms with E-state index < -0.39 is 0 Å². The van der Waals surface area contributed by atoms with Crippen molar-refractivity contribution in [1.82, 2.24) is 9.88 Å². The number of hydrogen-bond acceptors (Lipinski definition) is 3. The average molecular weight is 261 g/mol. The highest BCUT2D eigenvalue weighted by Crippen LogP contribution is 2.26. The summed E-state index contributed by atoms with van der Waals surface area (Å²) in [5.74, 6) is 0.902. The van der Waals surface area contributed by atoms with Crippen LogP contribution in [0.2, 0.25) is 0 Å². The maximum atomic E-state index is 6.02. The topological polar surface area (TPSA) is 42.1 Å². The molecule has 19 heavy (non-hydrogen) atoms. The highest BCUT2D eigenvalue weighted by atomic mass is 15.2. The van der Waals surface area contributed by atoms with Gasteiger partial charge in [-0.3, -0.25) is 9.88 Å². The van der Waals surface area contributed by atoms with E-state index >= 15 is 0 Å². The lowest BCUT2D eigenvalue weighted by Gasteiger charge is -2.30. The first kappa shape index (κ1) is 14.5. The van der Waals surface area contributed by atoms with E-state index in [9.17, 15) is 0 Å². The number of aryl methyl sites for hydroxylation is 1. The van der Waals surface area contributed by atoms with E-state index in [1.165, 1.54) is 44.3 Å². The van der Waals surface area contributed by atoms with Crippen LogP contribution in [0.25, 0.3) is 0 Å². The summed E-state index contributed by atoms with van der Waals surface area (Å²) in [7, 11) is 0. The number of nitrogens with zero attached hydrogens (tertiary/aromatic N) is 2. The van der Waals surface area contributed by atoms with E-state index in [2.05, 4.69) is 28.9 Å². The SMILES string of the molecule is CCC1CCCN(C(CN)c2ccc(C)nc2)CC1. The summed E-state index contributed by atoms with van der Waals surface area (Å²) < 4.78 is 0. The van der Waals surface area contributed by atoms with Gasteiger partial charge in [0.2, 0.25) is 0 Å². The Kier molecular flexibility index (Phi) is 5.34. The number of hydrogen-bond donors (Lipinski definition) is 1. The standard InChI is InChI=1S/C16H27N3/c1-3-14-5-4-9-19(10-8-14)16(11-17)15-7-6-13(2)18-12-15/h6-7,12,14,16H,3-5,8-11,17H2,1-2H3. The molecule has 1 aromatic heterocycles. The largest absolute Gasteiger partial charge is 0.329 e. The van der Waals surface area contributed by atoms with Gasteiger partial charge < -0.3 is 5.73 Å². The van der Waals surface area contributed by atoms with Crippen LogP contribution in [-0.2, 0) is 0 Å². The lowest BCUT2D eigenvalue weighted by Crippen LogP contribution is -2.34. The number of nitrogens with two attached hydrogens (primary N) is 1. The molecule has 0 spiro atoms. The molecule has 0 aromatic carbocycles. The molecule has 2 heterocycles. The van der Waals surface area contributed by atoms with Crippen molar-refractivity contribution in [3.63, 3.8) is 0 Å².